The number of nitrogens with zero attached hydrogens (tertiary/aromatic N) is 4. The molecule has 0 radical (unpaired) electrons. The summed E-state index contributed by atoms with van der Waals surface area (Å²) in [5.74, 6) is 1.93. The highest BCUT2D eigenvalue weighted by molar-refractivity contribution is 7.26. The zero-order valence-electron chi connectivity index (χ0n) is 30.0. The Morgan fingerprint density at radius 3 is 1.86 bits per heavy atom. The molecule has 0 atom stereocenters. The Bertz CT molecular complexity index is 3530. The Hall–Kier alpha value is -7.21. The van der Waals surface area contributed by atoms with Crippen LogP contribution in [0.15, 0.2) is 182 Å². The normalized spacial score (nSPS) is 11.9. The fourth-order valence-corrected chi connectivity index (χ4v) is 9.94. The minimum Gasteiger partial charge on any atom is -0.309 e. The highest BCUT2D eigenvalue weighted by Crippen LogP contribution is 2.45. The van der Waals surface area contributed by atoms with Crippen molar-refractivity contribution in [2.45, 2.75) is 0 Å². The van der Waals surface area contributed by atoms with Crippen LogP contribution in [0.1, 0.15) is 0 Å². The lowest BCUT2D eigenvalue weighted by Crippen LogP contribution is -2.01. The molecule has 0 unspecified atom stereocenters. The average Bonchev–Trinajstić information content (AvgIpc) is 3.82. The molecule has 12 aromatic rings. The van der Waals surface area contributed by atoms with E-state index in [9.17, 15) is 0 Å². The predicted molar refractivity (Wildman–Crippen MR) is 236 cm³/mol. The molecule has 4 nitrogen and oxygen atoms in total. The number of hydrogen-bond donors (Lipinski definition) is 0. The molecular formula is C51H30N4S. The van der Waals surface area contributed by atoms with E-state index in [0.717, 1.165) is 38.7 Å². The van der Waals surface area contributed by atoms with E-state index in [1.807, 2.05) is 29.5 Å². The highest BCUT2D eigenvalue weighted by Gasteiger charge is 2.21. The highest BCUT2D eigenvalue weighted by atomic mass is 32.1. The van der Waals surface area contributed by atoms with Gasteiger partial charge in [0.15, 0.2) is 17.5 Å². The summed E-state index contributed by atoms with van der Waals surface area (Å²) in [7, 11) is 0. The fraction of sp³-hybridized carbons (Fsp3) is 0. The van der Waals surface area contributed by atoms with Crippen molar-refractivity contribution < 1.29 is 0 Å². The van der Waals surface area contributed by atoms with Gasteiger partial charge in [0, 0.05) is 58.7 Å². The Balaban J connectivity index is 1.16. The van der Waals surface area contributed by atoms with Crippen LogP contribution in [0, 0.1) is 0 Å². The van der Waals surface area contributed by atoms with Gasteiger partial charge in [-0.15, -0.1) is 11.3 Å². The SMILES string of the molecule is c1ccc(-c2nc(-c3ccc4c5c6c(ccc7c8ccccc8sc76)ccc5n(-c5ccccc5)c4c3)nc(-c3cc4ccccc4c4ccccc34)n2)cc1. The Kier molecular flexibility index (Phi) is 6.76. The van der Waals surface area contributed by atoms with E-state index >= 15 is 0 Å². The van der Waals surface area contributed by atoms with Gasteiger partial charge in [0.05, 0.1) is 11.0 Å². The number of para-hydroxylation sites is 1. The van der Waals surface area contributed by atoms with Gasteiger partial charge in [0.25, 0.3) is 0 Å². The molecule has 0 saturated heterocycles. The van der Waals surface area contributed by atoms with Crippen LogP contribution in [0.3, 0.4) is 0 Å². The number of hydrogen-bond acceptors (Lipinski definition) is 4. The lowest BCUT2D eigenvalue weighted by atomic mass is 9.97. The van der Waals surface area contributed by atoms with E-state index in [1.54, 1.807) is 0 Å². The molecule has 0 saturated carbocycles. The minimum atomic E-state index is 0.634. The molecule has 260 valence electrons. The van der Waals surface area contributed by atoms with Gasteiger partial charge in [-0.3, -0.25) is 0 Å². The van der Waals surface area contributed by atoms with Crippen molar-refractivity contribution in [1.82, 2.24) is 19.5 Å². The van der Waals surface area contributed by atoms with Gasteiger partial charge in [0.1, 0.15) is 0 Å². The average molecular weight is 731 g/mol. The molecular weight excluding hydrogens is 701 g/mol. The first-order valence-corrected chi connectivity index (χ1v) is 19.7. The van der Waals surface area contributed by atoms with Crippen molar-refractivity contribution >= 4 is 85.6 Å². The van der Waals surface area contributed by atoms with Crippen molar-refractivity contribution in [1.29, 1.82) is 0 Å². The summed E-state index contributed by atoms with van der Waals surface area (Å²) in [6, 6.07) is 64.8. The molecule has 3 heterocycles. The first kappa shape index (κ1) is 31.2. The van der Waals surface area contributed by atoms with Gasteiger partial charge in [-0.05, 0) is 63.3 Å². The second-order valence-corrected chi connectivity index (χ2v) is 15.4. The molecule has 12 rings (SSSR count). The van der Waals surface area contributed by atoms with Crippen molar-refractivity contribution in [2.75, 3.05) is 0 Å². The third kappa shape index (κ3) is 4.68. The molecule has 0 bridgehead atoms. The Morgan fingerprint density at radius 1 is 0.375 bits per heavy atom. The van der Waals surface area contributed by atoms with E-state index in [-0.39, 0.29) is 0 Å². The zero-order valence-corrected chi connectivity index (χ0v) is 30.8. The van der Waals surface area contributed by atoms with Crippen LogP contribution in [0.5, 0.6) is 0 Å². The predicted octanol–water partition coefficient (Wildman–Crippen LogP) is 13.8. The monoisotopic (exact) mass is 730 g/mol. The summed E-state index contributed by atoms with van der Waals surface area (Å²) in [6.45, 7) is 0. The maximum absolute atomic E-state index is 5.30. The van der Waals surface area contributed by atoms with Crippen molar-refractivity contribution in [3.63, 3.8) is 0 Å². The fourth-order valence-electron chi connectivity index (χ4n) is 8.67. The number of benzene rings is 9. The van der Waals surface area contributed by atoms with Crippen molar-refractivity contribution in [3.05, 3.63) is 182 Å². The van der Waals surface area contributed by atoms with Gasteiger partial charge in [0.2, 0.25) is 0 Å². The largest absolute Gasteiger partial charge is 0.309 e. The third-order valence-electron chi connectivity index (χ3n) is 11.2. The third-order valence-corrected chi connectivity index (χ3v) is 12.4. The summed E-state index contributed by atoms with van der Waals surface area (Å²) in [4.78, 5) is 15.7. The summed E-state index contributed by atoms with van der Waals surface area (Å²) < 4.78 is 5.03. The molecule has 5 heteroatoms. The number of rotatable bonds is 4. The number of fused-ring (bicyclic) bond motifs is 12. The standard InChI is InChI=1S/C51H30N4S/c1-3-13-32(14-4-1)49-52-50(54-51(53-49)42-29-33-15-7-8-18-36(33)37-19-9-10-20-38(37)42)34-24-27-41-44(30-34)55(35-16-5-2-6-17-35)43-28-25-31-23-26-40-39-21-11-12-22-45(39)56-48(40)46(31)47(41)43/h1-30H. The summed E-state index contributed by atoms with van der Waals surface area (Å²) in [6.07, 6.45) is 0. The molecule has 0 N–H and O–H groups in total. The van der Waals surface area contributed by atoms with Gasteiger partial charge in [-0.1, -0.05) is 146 Å². The zero-order chi connectivity index (χ0) is 36.7. The molecule has 0 amide bonds. The summed E-state index contributed by atoms with van der Waals surface area (Å²) >= 11 is 1.88. The van der Waals surface area contributed by atoms with Crippen LogP contribution in [0.25, 0.3) is 114 Å². The minimum absolute atomic E-state index is 0.634. The van der Waals surface area contributed by atoms with Crippen LogP contribution in [0.4, 0.5) is 0 Å². The first-order chi connectivity index (χ1) is 27.8. The summed E-state index contributed by atoms with van der Waals surface area (Å²) in [5.41, 5.74) is 6.24. The van der Waals surface area contributed by atoms with Crippen molar-refractivity contribution in [2.24, 2.45) is 0 Å². The maximum atomic E-state index is 5.30. The molecule has 0 aliphatic carbocycles. The Labute approximate surface area is 325 Å². The lowest BCUT2D eigenvalue weighted by molar-refractivity contribution is 1.08. The van der Waals surface area contributed by atoms with Crippen molar-refractivity contribution in [3.8, 4) is 39.9 Å². The molecule has 56 heavy (non-hydrogen) atoms. The topological polar surface area (TPSA) is 43.6 Å². The van der Waals surface area contributed by atoms with Crippen LogP contribution >= 0.6 is 11.3 Å². The van der Waals surface area contributed by atoms with Gasteiger partial charge in [-0.25, -0.2) is 15.0 Å². The van der Waals surface area contributed by atoms with Crippen LogP contribution < -0.4 is 0 Å². The van der Waals surface area contributed by atoms with E-state index in [2.05, 4.69) is 168 Å². The quantitative estimate of drug-likeness (QED) is 0.169. The molecule has 0 aliphatic rings. The van der Waals surface area contributed by atoms with E-state index in [1.165, 1.54) is 58.0 Å². The second-order valence-electron chi connectivity index (χ2n) is 14.4. The van der Waals surface area contributed by atoms with Crippen LogP contribution in [-0.4, -0.2) is 19.5 Å². The molecule has 0 aliphatic heterocycles. The number of aromatic nitrogens is 4. The van der Waals surface area contributed by atoms with Crippen LogP contribution in [-0.2, 0) is 0 Å². The van der Waals surface area contributed by atoms with Gasteiger partial charge < -0.3 is 4.57 Å². The Morgan fingerprint density at radius 2 is 1.02 bits per heavy atom. The molecule has 0 spiro atoms. The van der Waals surface area contributed by atoms with E-state index < -0.39 is 0 Å². The van der Waals surface area contributed by atoms with Gasteiger partial charge >= 0.3 is 0 Å². The smallest absolute Gasteiger partial charge is 0.164 e. The molecule has 9 aromatic carbocycles. The van der Waals surface area contributed by atoms with E-state index in [0.29, 0.717) is 17.5 Å². The summed E-state index contributed by atoms with van der Waals surface area (Å²) in [5, 5.41) is 12.3. The van der Waals surface area contributed by atoms with Gasteiger partial charge in [-0.2, -0.15) is 0 Å². The van der Waals surface area contributed by atoms with E-state index in [4.69, 9.17) is 15.0 Å². The maximum Gasteiger partial charge on any atom is 0.164 e. The van der Waals surface area contributed by atoms with Crippen LogP contribution in [0.2, 0.25) is 0 Å². The lowest BCUT2D eigenvalue weighted by Gasteiger charge is -2.13. The molecule has 0 fully saturated rings. The second kappa shape index (κ2) is 12.2. The first-order valence-electron chi connectivity index (χ1n) is 18.9. The number of thiophene rings is 1. The molecule has 3 aromatic heterocycles.